The highest BCUT2D eigenvalue weighted by Crippen LogP contribution is 2.07. The summed E-state index contributed by atoms with van der Waals surface area (Å²) >= 11 is 0. The normalized spacial score (nSPS) is 10.5. The molecule has 0 aliphatic carbocycles. The highest BCUT2D eigenvalue weighted by molar-refractivity contribution is 5.17. The minimum absolute atomic E-state index is 0.620. The van der Waals surface area contributed by atoms with E-state index in [4.69, 9.17) is 10.2 Å². The summed E-state index contributed by atoms with van der Waals surface area (Å²) in [5, 5.41) is 4.29. The molecule has 0 fully saturated rings. The van der Waals surface area contributed by atoms with E-state index in [0.29, 0.717) is 6.54 Å². The van der Waals surface area contributed by atoms with E-state index in [1.54, 1.807) is 10.9 Å². The number of nitrogens with zero attached hydrogens (tertiary/aromatic N) is 2. The first kappa shape index (κ1) is 8.07. The highest BCUT2D eigenvalue weighted by Gasteiger charge is 2.01. The van der Waals surface area contributed by atoms with Gasteiger partial charge in [0.15, 0.2) is 0 Å². The molecule has 4 nitrogen and oxygen atoms in total. The molecule has 68 valence electrons. The third-order valence-electron chi connectivity index (χ3n) is 1.78. The molecule has 0 saturated heterocycles. The number of nitrogens with two attached hydrogens (primary N) is 1. The molecule has 0 spiro atoms. The Hall–Kier alpha value is -1.55. The Balaban J connectivity index is 2.23. The summed E-state index contributed by atoms with van der Waals surface area (Å²) < 4.78 is 6.88. The van der Waals surface area contributed by atoms with E-state index < -0.39 is 0 Å². The zero-order valence-electron chi connectivity index (χ0n) is 7.18. The van der Waals surface area contributed by atoms with Crippen LogP contribution in [-0.2, 0) is 6.42 Å². The van der Waals surface area contributed by atoms with Gasteiger partial charge in [-0.05, 0) is 18.7 Å². The van der Waals surface area contributed by atoms with Crippen LogP contribution in [0.15, 0.2) is 35.1 Å². The fraction of sp³-hybridized carbons (Fsp3) is 0.222. The summed E-state index contributed by atoms with van der Waals surface area (Å²) in [7, 11) is 0. The average molecular weight is 177 g/mol. The maximum Gasteiger partial charge on any atom is 0.219 e. The molecule has 0 unspecified atom stereocenters. The van der Waals surface area contributed by atoms with Gasteiger partial charge in [-0.15, -0.1) is 0 Å². The minimum Gasteiger partial charge on any atom is -0.447 e. The molecule has 2 N–H and O–H groups in total. The van der Waals surface area contributed by atoms with Crippen molar-refractivity contribution in [1.82, 2.24) is 9.78 Å². The van der Waals surface area contributed by atoms with Gasteiger partial charge in [0.1, 0.15) is 0 Å². The molecule has 4 heteroatoms. The van der Waals surface area contributed by atoms with E-state index in [2.05, 4.69) is 5.10 Å². The summed E-state index contributed by atoms with van der Waals surface area (Å²) in [6, 6.07) is 5.63. The highest BCUT2D eigenvalue weighted by atomic mass is 16.3. The molecule has 0 bridgehead atoms. The Labute approximate surface area is 76.0 Å². The molecule has 13 heavy (non-hydrogen) atoms. The van der Waals surface area contributed by atoms with Gasteiger partial charge >= 0.3 is 0 Å². The molecule has 0 atom stereocenters. The number of rotatable bonds is 3. The predicted octanol–water partition coefficient (Wildman–Crippen LogP) is 0.966. The summed E-state index contributed by atoms with van der Waals surface area (Å²) in [4.78, 5) is 0. The van der Waals surface area contributed by atoms with Gasteiger partial charge in [0.25, 0.3) is 0 Å². The maximum atomic E-state index is 5.42. The first-order valence-corrected chi connectivity index (χ1v) is 4.18. The average Bonchev–Trinajstić information content (AvgIpc) is 2.70. The van der Waals surface area contributed by atoms with Crippen LogP contribution in [0, 0.1) is 0 Å². The number of aromatic nitrogens is 2. The first-order valence-electron chi connectivity index (χ1n) is 4.18. The third-order valence-corrected chi connectivity index (χ3v) is 1.78. The molecule has 0 aliphatic rings. The molecule has 0 amide bonds. The molecule has 2 aromatic rings. The van der Waals surface area contributed by atoms with Crippen LogP contribution in [0.5, 0.6) is 0 Å². The maximum absolute atomic E-state index is 5.42. The second-order valence-electron chi connectivity index (χ2n) is 2.74. The van der Waals surface area contributed by atoms with Gasteiger partial charge in [0, 0.05) is 18.7 Å². The summed E-state index contributed by atoms with van der Waals surface area (Å²) in [6.07, 6.45) is 4.29. The lowest BCUT2D eigenvalue weighted by Crippen LogP contribution is -2.03. The molecular formula is C9H11N3O. The Kier molecular flexibility index (Phi) is 2.14. The van der Waals surface area contributed by atoms with Gasteiger partial charge in [-0.1, -0.05) is 0 Å². The van der Waals surface area contributed by atoms with Gasteiger partial charge in [-0.2, -0.15) is 5.10 Å². The Morgan fingerprint density at radius 3 is 3.08 bits per heavy atom. The molecule has 2 aromatic heterocycles. The molecule has 2 rings (SSSR count). The third kappa shape index (κ3) is 1.62. The second kappa shape index (κ2) is 3.45. The smallest absolute Gasteiger partial charge is 0.219 e. The van der Waals surface area contributed by atoms with Crippen LogP contribution in [-0.4, -0.2) is 16.3 Å². The lowest BCUT2D eigenvalue weighted by atomic mass is 10.3. The summed E-state index contributed by atoms with van der Waals surface area (Å²) in [5.41, 5.74) is 6.40. The summed E-state index contributed by atoms with van der Waals surface area (Å²) in [6.45, 7) is 0.620. The lowest BCUT2D eigenvalue weighted by Gasteiger charge is -1.93. The van der Waals surface area contributed by atoms with Crippen molar-refractivity contribution in [2.75, 3.05) is 6.54 Å². The monoisotopic (exact) mass is 177 g/mol. The van der Waals surface area contributed by atoms with Crippen molar-refractivity contribution in [3.63, 3.8) is 0 Å². The number of furan rings is 1. The van der Waals surface area contributed by atoms with Gasteiger partial charge in [-0.25, -0.2) is 4.68 Å². The van der Waals surface area contributed by atoms with Crippen molar-refractivity contribution in [2.45, 2.75) is 6.42 Å². The quantitative estimate of drug-likeness (QED) is 0.759. The van der Waals surface area contributed by atoms with E-state index in [-0.39, 0.29) is 0 Å². The van der Waals surface area contributed by atoms with E-state index >= 15 is 0 Å². The van der Waals surface area contributed by atoms with Gasteiger partial charge in [-0.3, -0.25) is 0 Å². The number of hydrogen-bond acceptors (Lipinski definition) is 3. The molecule has 0 aromatic carbocycles. The van der Waals surface area contributed by atoms with Crippen molar-refractivity contribution in [2.24, 2.45) is 5.73 Å². The van der Waals surface area contributed by atoms with E-state index in [1.807, 2.05) is 24.4 Å². The van der Waals surface area contributed by atoms with Crippen LogP contribution in [0.4, 0.5) is 0 Å². The number of hydrogen-bond donors (Lipinski definition) is 1. The Bertz CT molecular complexity index is 364. The molecule has 2 heterocycles. The van der Waals surface area contributed by atoms with Crippen molar-refractivity contribution in [3.05, 3.63) is 36.4 Å². The topological polar surface area (TPSA) is 57.0 Å². The fourth-order valence-electron chi connectivity index (χ4n) is 1.17. The van der Waals surface area contributed by atoms with Crippen molar-refractivity contribution in [1.29, 1.82) is 0 Å². The van der Waals surface area contributed by atoms with Crippen LogP contribution in [0.3, 0.4) is 0 Å². The lowest BCUT2D eigenvalue weighted by molar-refractivity contribution is 0.520. The largest absolute Gasteiger partial charge is 0.447 e. The molecule has 0 saturated carbocycles. The Morgan fingerprint density at radius 2 is 2.38 bits per heavy atom. The zero-order valence-corrected chi connectivity index (χ0v) is 7.18. The predicted molar refractivity (Wildman–Crippen MR) is 48.6 cm³/mol. The van der Waals surface area contributed by atoms with E-state index in [0.717, 1.165) is 18.0 Å². The van der Waals surface area contributed by atoms with Crippen LogP contribution >= 0.6 is 0 Å². The fourth-order valence-corrected chi connectivity index (χ4v) is 1.17. The van der Waals surface area contributed by atoms with Crippen LogP contribution in [0.1, 0.15) is 5.69 Å². The van der Waals surface area contributed by atoms with Crippen molar-refractivity contribution in [3.8, 4) is 5.88 Å². The second-order valence-corrected chi connectivity index (χ2v) is 2.74. The molecule has 0 aliphatic heterocycles. The molecule has 0 radical (unpaired) electrons. The van der Waals surface area contributed by atoms with Crippen molar-refractivity contribution >= 4 is 0 Å². The van der Waals surface area contributed by atoms with Gasteiger partial charge < -0.3 is 10.2 Å². The Morgan fingerprint density at radius 1 is 1.46 bits per heavy atom. The van der Waals surface area contributed by atoms with Crippen LogP contribution in [0.2, 0.25) is 0 Å². The SMILES string of the molecule is NCCc1ccn(-c2ccco2)n1. The van der Waals surface area contributed by atoms with Crippen LogP contribution < -0.4 is 5.73 Å². The van der Waals surface area contributed by atoms with Crippen LogP contribution in [0.25, 0.3) is 5.88 Å². The van der Waals surface area contributed by atoms with Crippen molar-refractivity contribution < 1.29 is 4.42 Å². The summed E-state index contributed by atoms with van der Waals surface area (Å²) in [5.74, 6) is 0.725. The van der Waals surface area contributed by atoms with E-state index in [9.17, 15) is 0 Å². The zero-order chi connectivity index (χ0) is 9.10. The standard InChI is InChI=1S/C9H11N3O/c10-5-3-8-4-6-12(11-8)9-2-1-7-13-9/h1-2,4,6-7H,3,5,10H2. The molecular weight excluding hydrogens is 166 g/mol. The van der Waals surface area contributed by atoms with Gasteiger partial charge in [0.2, 0.25) is 5.88 Å². The minimum atomic E-state index is 0.620. The van der Waals surface area contributed by atoms with E-state index in [1.165, 1.54) is 0 Å². The van der Waals surface area contributed by atoms with Gasteiger partial charge in [0.05, 0.1) is 12.0 Å². The first-order chi connectivity index (χ1) is 6.40.